The first-order chi connectivity index (χ1) is 10.0. The molecule has 0 aliphatic carbocycles. The van der Waals surface area contributed by atoms with Crippen molar-refractivity contribution in [2.45, 2.75) is 39.7 Å². The highest BCUT2D eigenvalue weighted by atomic mass is 32.2. The van der Waals surface area contributed by atoms with E-state index >= 15 is 0 Å². The lowest BCUT2D eigenvalue weighted by atomic mass is 10.3. The van der Waals surface area contributed by atoms with Crippen molar-refractivity contribution in [3.63, 3.8) is 0 Å². The highest BCUT2D eigenvalue weighted by Crippen LogP contribution is 2.13. The number of nitrogens with zero attached hydrogens (tertiary/aromatic N) is 3. The van der Waals surface area contributed by atoms with Crippen LogP contribution in [0.15, 0.2) is 0 Å². The summed E-state index contributed by atoms with van der Waals surface area (Å²) in [5, 5.41) is 6.25. The van der Waals surface area contributed by atoms with Crippen LogP contribution in [0.25, 0.3) is 0 Å². The molecule has 0 aliphatic heterocycles. The number of anilines is 2. The van der Waals surface area contributed by atoms with Crippen LogP contribution in [0.3, 0.4) is 0 Å². The van der Waals surface area contributed by atoms with E-state index < -0.39 is 10.8 Å². The maximum Gasteiger partial charge on any atom is 0.323 e. The molecule has 1 aromatic heterocycles. The number of hydrogen-bond acceptors (Lipinski definition) is 7. The molecule has 0 fully saturated rings. The molecule has 0 aromatic carbocycles. The number of ether oxygens (including phenoxy) is 1. The summed E-state index contributed by atoms with van der Waals surface area (Å²) in [6, 6.07) is 0.446. The van der Waals surface area contributed by atoms with E-state index in [0.717, 1.165) is 19.4 Å². The standard InChI is InChI=1S/C13H25N5O2S/c1-5-8-20-13-17-11(14-6-2)16-12(18-13)15-10(3)7-9-21(4)19/h10H,5-9H2,1-4H3,(H2,14,15,16,17,18). The molecule has 21 heavy (non-hydrogen) atoms. The minimum Gasteiger partial charge on any atom is -0.463 e. The van der Waals surface area contributed by atoms with Gasteiger partial charge in [-0.05, 0) is 26.7 Å². The van der Waals surface area contributed by atoms with Crippen molar-refractivity contribution < 1.29 is 8.95 Å². The molecule has 0 radical (unpaired) electrons. The third kappa shape index (κ3) is 7.22. The van der Waals surface area contributed by atoms with Crippen molar-refractivity contribution >= 4 is 22.7 Å². The van der Waals surface area contributed by atoms with E-state index in [1.807, 2.05) is 20.8 Å². The zero-order valence-electron chi connectivity index (χ0n) is 13.2. The second-order valence-electron chi connectivity index (χ2n) is 4.76. The van der Waals surface area contributed by atoms with Gasteiger partial charge in [0.25, 0.3) is 0 Å². The Kier molecular flexibility index (Phi) is 7.96. The lowest BCUT2D eigenvalue weighted by Gasteiger charge is -2.14. The molecule has 2 unspecified atom stereocenters. The van der Waals surface area contributed by atoms with E-state index in [4.69, 9.17) is 4.74 Å². The molecule has 0 aliphatic rings. The van der Waals surface area contributed by atoms with Crippen LogP contribution in [0, 0.1) is 0 Å². The van der Waals surface area contributed by atoms with Gasteiger partial charge in [-0.2, -0.15) is 15.0 Å². The topological polar surface area (TPSA) is 89.0 Å². The highest BCUT2D eigenvalue weighted by Gasteiger charge is 2.10. The van der Waals surface area contributed by atoms with Crippen LogP contribution in [0.1, 0.15) is 33.6 Å². The van der Waals surface area contributed by atoms with Crippen LogP contribution in [-0.4, -0.2) is 50.4 Å². The van der Waals surface area contributed by atoms with Gasteiger partial charge in [-0.15, -0.1) is 0 Å². The normalized spacial score (nSPS) is 13.5. The smallest absolute Gasteiger partial charge is 0.323 e. The molecule has 0 saturated heterocycles. The van der Waals surface area contributed by atoms with Gasteiger partial charge in [0.1, 0.15) is 0 Å². The molecule has 0 bridgehead atoms. The number of hydrogen-bond donors (Lipinski definition) is 2. The molecule has 8 heteroatoms. The summed E-state index contributed by atoms with van der Waals surface area (Å²) in [5.74, 6) is 1.62. The molecule has 1 aromatic rings. The summed E-state index contributed by atoms with van der Waals surface area (Å²) < 4.78 is 16.6. The molecular formula is C13H25N5O2S. The average Bonchev–Trinajstić information content (AvgIpc) is 2.43. The van der Waals surface area contributed by atoms with Crippen molar-refractivity contribution in [2.24, 2.45) is 0 Å². The van der Waals surface area contributed by atoms with E-state index in [1.165, 1.54) is 0 Å². The van der Waals surface area contributed by atoms with Gasteiger partial charge in [-0.1, -0.05) is 6.92 Å². The number of aromatic nitrogens is 3. The first-order valence-corrected chi connectivity index (χ1v) is 8.97. The fourth-order valence-corrected chi connectivity index (χ4v) is 2.24. The third-order valence-electron chi connectivity index (χ3n) is 2.60. The Balaban J connectivity index is 2.73. The maximum absolute atomic E-state index is 11.1. The van der Waals surface area contributed by atoms with E-state index in [-0.39, 0.29) is 6.04 Å². The van der Waals surface area contributed by atoms with Gasteiger partial charge in [0.2, 0.25) is 11.9 Å². The van der Waals surface area contributed by atoms with Crippen LogP contribution < -0.4 is 15.4 Å². The molecule has 0 saturated carbocycles. The lowest BCUT2D eigenvalue weighted by Crippen LogP contribution is -2.20. The van der Waals surface area contributed by atoms with Crippen molar-refractivity contribution in [2.75, 3.05) is 35.8 Å². The fraction of sp³-hybridized carbons (Fsp3) is 0.769. The van der Waals surface area contributed by atoms with Gasteiger partial charge in [0.05, 0.1) is 6.61 Å². The molecule has 7 nitrogen and oxygen atoms in total. The Bertz CT molecular complexity index is 458. The zero-order chi connectivity index (χ0) is 15.7. The average molecular weight is 315 g/mol. The van der Waals surface area contributed by atoms with E-state index in [0.29, 0.717) is 30.3 Å². The monoisotopic (exact) mass is 315 g/mol. The molecule has 120 valence electrons. The predicted octanol–water partition coefficient (Wildman–Crippen LogP) is 1.66. The number of rotatable bonds is 10. The Morgan fingerprint density at radius 3 is 2.57 bits per heavy atom. The summed E-state index contributed by atoms with van der Waals surface area (Å²) in [5.41, 5.74) is 0. The third-order valence-corrected chi connectivity index (χ3v) is 3.41. The SMILES string of the molecule is CCCOc1nc(NCC)nc(NC(C)CCS(C)=O)n1. The van der Waals surface area contributed by atoms with Crippen LogP contribution in [-0.2, 0) is 10.8 Å². The molecule has 1 heterocycles. The molecule has 2 N–H and O–H groups in total. The predicted molar refractivity (Wildman–Crippen MR) is 86.4 cm³/mol. The van der Waals surface area contributed by atoms with Gasteiger partial charge in [-0.25, -0.2) is 0 Å². The highest BCUT2D eigenvalue weighted by molar-refractivity contribution is 7.84. The Morgan fingerprint density at radius 1 is 1.24 bits per heavy atom. The lowest BCUT2D eigenvalue weighted by molar-refractivity contribution is 0.292. The van der Waals surface area contributed by atoms with Gasteiger partial charge in [0.15, 0.2) is 0 Å². The van der Waals surface area contributed by atoms with Crippen molar-refractivity contribution in [1.82, 2.24) is 15.0 Å². The first kappa shape index (κ1) is 17.6. The molecule has 2 atom stereocenters. The minimum atomic E-state index is -0.790. The Morgan fingerprint density at radius 2 is 1.95 bits per heavy atom. The van der Waals surface area contributed by atoms with Crippen molar-refractivity contribution in [3.05, 3.63) is 0 Å². The Labute approximate surface area is 128 Å². The van der Waals surface area contributed by atoms with Crippen LogP contribution >= 0.6 is 0 Å². The summed E-state index contributed by atoms with van der Waals surface area (Å²) in [6.07, 6.45) is 3.38. The Hall–Kier alpha value is -1.44. The summed E-state index contributed by atoms with van der Waals surface area (Å²) in [4.78, 5) is 12.7. The molecular weight excluding hydrogens is 290 g/mol. The summed E-state index contributed by atoms with van der Waals surface area (Å²) >= 11 is 0. The summed E-state index contributed by atoms with van der Waals surface area (Å²) in [7, 11) is -0.790. The van der Waals surface area contributed by atoms with Crippen molar-refractivity contribution in [3.8, 4) is 6.01 Å². The molecule has 1 rings (SSSR count). The van der Waals surface area contributed by atoms with Gasteiger partial charge >= 0.3 is 6.01 Å². The second kappa shape index (κ2) is 9.49. The summed E-state index contributed by atoms with van der Waals surface area (Å²) in [6.45, 7) is 7.30. The quantitative estimate of drug-likeness (QED) is 0.678. The fourth-order valence-electron chi connectivity index (χ4n) is 1.55. The van der Waals surface area contributed by atoms with E-state index in [1.54, 1.807) is 6.26 Å². The minimum absolute atomic E-state index is 0.129. The first-order valence-electron chi connectivity index (χ1n) is 7.24. The zero-order valence-corrected chi connectivity index (χ0v) is 14.0. The van der Waals surface area contributed by atoms with E-state index in [9.17, 15) is 4.21 Å². The van der Waals surface area contributed by atoms with Crippen molar-refractivity contribution in [1.29, 1.82) is 0 Å². The van der Waals surface area contributed by atoms with Crippen LogP contribution in [0.4, 0.5) is 11.9 Å². The van der Waals surface area contributed by atoms with Gasteiger partial charge in [-0.3, -0.25) is 4.21 Å². The van der Waals surface area contributed by atoms with Gasteiger partial charge < -0.3 is 15.4 Å². The van der Waals surface area contributed by atoms with Gasteiger partial charge in [0, 0.05) is 35.4 Å². The van der Waals surface area contributed by atoms with Crippen LogP contribution in [0.2, 0.25) is 0 Å². The van der Waals surface area contributed by atoms with Crippen LogP contribution in [0.5, 0.6) is 6.01 Å². The van der Waals surface area contributed by atoms with E-state index in [2.05, 4.69) is 25.6 Å². The maximum atomic E-state index is 11.1. The second-order valence-corrected chi connectivity index (χ2v) is 6.31. The number of nitrogens with one attached hydrogen (secondary N) is 2. The molecule has 0 amide bonds. The largest absolute Gasteiger partial charge is 0.463 e. The molecule has 0 spiro atoms.